The second-order valence-electron chi connectivity index (χ2n) is 4.78. The summed E-state index contributed by atoms with van der Waals surface area (Å²) >= 11 is 0. The third-order valence-corrected chi connectivity index (χ3v) is 3.36. The molecule has 0 saturated carbocycles. The van der Waals surface area contributed by atoms with E-state index in [4.69, 9.17) is 5.11 Å². The molecule has 7 heteroatoms. The maximum absolute atomic E-state index is 11.9. The minimum atomic E-state index is -0.856. The van der Waals surface area contributed by atoms with Gasteiger partial charge in [0.2, 0.25) is 5.91 Å². The second kappa shape index (κ2) is 5.24. The first-order chi connectivity index (χ1) is 8.56. The molecule has 2 atom stereocenters. The third-order valence-electron chi connectivity index (χ3n) is 3.36. The van der Waals surface area contributed by atoms with E-state index in [9.17, 15) is 14.4 Å². The van der Waals surface area contributed by atoms with Crippen LogP contribution in [0.15, 0.2) is 0 Å². The molecule has 2 heterocycles. The average molecular weight is 255 g/mol. The van der Waals surface area contributed by atoms with Crippen LogP contribution in [-0.2, 0) is 9.59 Å². The smallest absolute Gasteiger partial charge is 0.317 e. The number of carboxylic acid groups (broad SMARTS) is 1. The van der Waals surface area contributed by atoms with Crippen molar-refractivity contribution in [3.8, 4) is 0 Å². The molecular weight excluding hydrogens is 238 g/mol. The lowest BCUT2D eigenvalue weighted by Gasteiger charge is -2.31. The number of carbonyl (C=O) groups is 3. The Hall–Kier alpha value is -1.79. The van der Waals surface area contributed by atoms with Crippen LogP contribution in [-0.4, -0.2) is 53.6 Å². The molecule has 2 aliphatic rings. The summed E-state index contributed by atoms with van der Waals surface area (Å²) in [5.41, 5.74) is 0. The van der Waals surface area contributed by atoms with Crippen LogP contribution in [0, 0.1) is 5.92 Å². The molecule has 2 rings (SSSR count). The molecule has 0 radical (unpaired) electrons. The summed E-state index contributed by atoms with van der Waals surface area (Å²) < 4.78 is 0. The van der Waals surface area contributed by atoms with Crippen LogP contribution < -0.4 is 10.6 Å². The van der Waals surface area contributed by atoms with Gasteiger partial charge in [0, 0.05) is 26.1 Å². The fourth-order valence-electron chi connectivity index (χ4n) is 2.34. The summed E-state index contributed by atoms with van der Waals surface area (Å²) in [6.45, 7) is 1.26. The zero-order chi connectivity index (χ0) is 13.1. The average Bonchev–Trinajstić information content (AvgIpc) is 2.75. The summed E-state index contributed by atoms with van der Waals surface area (Å²) in [6, 6.07) is -0.461. The van der Waals surface area contributed by atoms with E-state index in [1.807, 2.05) is 0 Å². The quantitative estimate of drug-likeness (QED) is 0.612. The zero-order valence-electron chi connectivity index (χ0n) is 10.0. The number of carboxylic acids is 1. The highest BCUT2D eigenvalue weighted by atomic mass is 16.4. The van der Waals surface area contributed by atoms with Gasteiger partial charge in [-0.05, 0) is 12.8 Å². The van der Waals surface area contributed by atoms with Crippen LogP contribution in [0.2, 0.25) is 0 Å². The van der Waals surface area contributed by atoms with Crippen molar-refractivity contribution in [2.24, 2.45) is 5.92 Å². The van der Waals surface area contributed by atoms with E-state index in [0.29, 0.717) is 32.4 Å². The monoisotopic (exact) mass is 255 g/mol. The van der Waals surface area contributed by atoms with Crippen molar-refractivity contribution in [1.82, 2.24) is 15.5 Å². The number of urea groups is 1. The molecule has 0 bridgehead atoms. The Morgan fingerprint density at radius 2 is 2.22 bits per heavy atom. The topological polar surface area (TPSA) is 98.7 Å². The van der Waals surface area contributed by atoms with Gasteiger partial charge in [0.05, 0.1) is 12.0 Å². The molecule has 18 heavy (non-hydrogen) atoms. The molecule has 0 aliphatic carbocycles. The van der Waals surface area contributed by atoms with E-state index < -0.39 is 11.9 Å². The van der Waals surface area contributed by atoms with Crippen molar-refractivity contribution in [3.63, 3.8) is 0 Å². The number of carbonyl (C=O) groups excluding carboxylic acids is 2. The Bertz CT molecular complexity index is 371. The van der Waals surface area contributed by atoms with E-state index in [1.165, 1.54) is 4.90 Å². The van der Waals surface area contributed by atoms with E-state index in [0.717, 1.165) is 0 Å². The van der Waals surface area contributed by atoms with Crippen LogP contribution >= 0.6 is 0 Å². The van der Waals surface area contributed by atoms with E-state index in [1.54, 1.807) is 0 Å². The zero-order valence-corrected chi connectivity index (χ0v) is 10.0. The first-order valence-corrected chi connectivity index (χ1v) is 6.11. The minimum absolute atomic E-state index is 0.0673. The molecule has 2 saturated heterocycles. The van der Waals surface area contributed by atoms with Gasteiger partial charge < -0.3 is 20.6 Å². The van der Waals surface area contributed by atoms with Gasteiger partial charge in [-0.3, -0.25) is 9.59 Å². The van der Waals surface area contributed by atoms with E-state index in [-0.39, 0.29) is 24.5 Å². The van der Waals surface area contributed by atoms with Gasteiger partial charge in [0.25, 0.3) is 0 Å². The fourth-order valence-corrected chi connectivity index (χ4v) is 2.34. The first-order valence-electron chi connectivity index (χ1n) is 6.11. The van der Waals surface area contributed by atoms with Crippen molar-refractivity contribution in [3.05, 3.63) is 0 Å². The van der Waals surface area contributed by atoms with Crippen molar-refractivity contribution in [2.75, 3.05) is 19.6 Å². The van der Waals surface area contributed by atoms with Crippen molar-refractivity contribution in [1.29, 1.82) is 0 Å². The molecule has 0 spiro atoms. The maximum Gasteiger partial charge on any atom is 0.317 e. The molecule has 2 aliphatic heterocycles. The number of hydrogen-bond donors (Lipinski definition) is 3. The predicted octanol–water partition coefficient (Wildman–Crippen LogP) is -0.619. The second-order valence-corrected chi connectivity index (χ2v) is 4.78. The normalized spacial score (nSPS) is 27.8. The lowest BCUT2D eigenvalue weighted by Crippen LogP contribution is -2.50. The Kier molecular flexibility index (Phi) is 3.69. The summed E-state index contributed by atoms with van der Waals surface area (Å²) in [6.07, 6.45) is 1.61. The molecule has 2 fully saturated rings. The van der Waals surface area contributed by atoms with Crippen LogP contribution in [0.3, 0.4) is 0 Å². The van der Waals surface area contributed by atoms with Crippen molar-refractivity contribution < 1.29 is 19.5 Å². The van der Waals surface area contributed by atoms with Gasteiger partial charge in [-0.2, -0.15) is 0 Å². The number of rotatable bonds is 2. The highest BCUT2D eigenvalue weighted by Crippen LogP contribution is 2.16. The summed E-state index contributed by atoms with van der Waals surface area (Å²) in [5, 5.41) is 14.3. The highest BCUT2D eigenvalue weighted by molar-refractivity contribution is 5.81. The number of likely N-dealkylation sites (tertiary alicyclic amines) is 1. The van der Waals surface area contributed by atoms with Gasteiger partial charge in [-0.25, -0.2) is 4.79 Å². The Balaban J connectivity index is 1.85. The van der Waals surface area contributed by atoms with E-state index in [2.05, 4.69) is 10.6 Å². The third kappa shape index (κ3) is 2.91. The van der Waals surface area contributed by atoms with Gasteiger partial charge in [0.1, 0.15) is 0 Å². The summed E-state index contributed by atoms with van der Waals surface area (Å²) in [7, 11) is 0. The SMILES string of the molecule is O=C1CC(NC(=O)N2CCC[C@@H](C(=O)O)C2)CN1. The predicted molar refractivity (Wildman–Crippen MR) is 61.9 cm³/mol. The molecule has 0 aromatic heterocycles. The molecule has 3 amide bonds. The molecule has 3 N–H and O–H groups in total. The Labute approximate surface area is 105 Å². The van der Waals surface area contributed by atoms with Gasteiger partial charge >= 0.3 is 12.0 Å². The molecule has 7 nitrogen and oxygen atoms in total. The fraction of sp³-hybridized carbons (Fsp3) is 0.727. The Morgan fingerprint density at radius 1 is 1.44 bits per heavy atom. The Morgan fingerprint density at radius 3 is 2.83 bits per heavy atom. The number of aliphatic carboxylic acids is 1. The standard InChI is InChI=1S/C11H17N3O4/c15-9-4-8(5-12-9)13-11(18)14-3-1-2-7(6-14)10(16)17/h7-8H,1-6H2,(H,12,15)(H,13,18)(H,16,17)/t7-,8?/m1/s1. The molecule has 100 valence electrons. The largest absolute Gasteiger partial charge is 0.481 e. The highest BCUT2D eigenvalue weighted by Gasteiger charge is 2.30. The summed E-state index contributed by atoms with van der Waals surface area (Å²) in [4.78, 5) is 35.3. The lowest BCUT2D eigenvalue weighted by atomic mass is 9.99. The van der Waals surface area contributed by atoms with Crippen LogP contribution in [0.5, 0.6) is 0 Å². The molecular formula is C11H17N3O4. The van der Waals surface area contributed by atoms with Gasteiger partial charge in [-0.15, -0.1) is 0 Å². The number of hydrogen-bond acceptors (Lipinski definition) is 3. The van der Waals surface area contributed by atoms with Crippen LogP contribution in [0.4, 0.5) is 4.79 Å². The van der Waals surface area contributed by atoms with Gasteiger partial charge in [-0.1, -0.05) is 0 Å². The number of amides is 3. The lowest BCUT2D eigenvalue weighted by molar-refractivity contribution is -0.143. The molecule has 1 unspecified atom stereocenters. The maximum atomic E-state index is 11.9. The number of nitrogens with one attached hydrogen (secondary N) is 2. The minimum Gasteiger partial charge on any atom is -0.481 e. The molecule has 0 aromatic carbocycles. The number of piperidine rings is 1. The van der Waals surface area contributed by atoms with Crippen molar-refractivity contribution >= 4 is 17.9 Å². The number of nitrogens with zero attached hydrogens (tertiary/aromatic N) is 1. The first kappa shape index (κ1) is 12.7. The van der Waals surface area contributed by atoms with Crippen LogP contribution in [0.25, 0.3) is 0 Å². The van der Waals surface area contributed by atoms with Gasteiger partial charge in [0.15, 0.2) is 0 Å². The summed E-state index contributed by atoms with van der Waals surface area (Å²) in [5.74, 6) is -1.40. The molecule has 0 aromatic rings. The van der Waals surface area contributed by atoms with E-state index >= 15 is 0 Å². The van der Waals surface area contributed by atoms with Crippen LogP contribution in [0.1, 0.15) is 19.3 Å². The van der Waals surface area contributed by atoms with Crippen molar-refractivity contribution in [2.45, 2.75) is 25.3 Å².